The molecule has 80 valence electrons. The van der Waals surface area contributed by atoms with Gasteiger partial charge in [0.15, 0.2) is 0 Å². The average molecular weight is 223 g/mol. The van der Waals surface area contributed by atoms with E-state index in [4.69, 9.17) is 17.3 Å². The lowest BCUT2D eigenvalue weighted by atomic mass is 10.1. The lowest BCUT2D eigenvalue weighted by molar-refractivity contribution is 0.554. The number of rotatable bonds is 1. The number of anilines is 2. The van der Waals surface area contributed by atoms with Crippen LogP contribution in [0.2, 0.25) is 5.02 Å². The SMILES string of the molecule is Nc1ccc(N2CC3CCC2C3)c(Cl)c1. The molecule has 2 unspecified atom stereocenters. The molecule has 0 amide bonds. The number of fused-ring (bicyclic) bond motifs is 2. The number of nitrogens with two attached hydrogens (primary N) is 1. The average Bonchev–Trinajstić information content (AvgIpc) is 2.78. The van der Waals surface area contributed by atoms with Crippen molar-refractivity contribution in [1.82, 2.24) is 0 Å². The summed E-state index contributed by atoms with van der Waals surface area (Å²) in [5.74, 6) is 0.892. The lowest BCUT2D eigenvalue weighted by Gasteiger charge is -2.30. The number of hydrogen-bond acceptors (Lipinski definition) is 2. The molecule has 0 radical (unpaired) electrons. The summed E-state index contributed by atoms with van der Waals surface area (Å²) in [4.78, 5) is 2.45. The highest BCUT2D eigenvalue weighted by molar-refractivity contribution is 6.33. The number of nitrogen functional groups attached to an aromatic ring is 1. The van der Waals surface area contributed by atoms with Gasteiger partial charge in [-0.05, 0) is 43.4 Å². The van der Waals surface area contributed by atoms with E-state index < -0.39 is 0 Å². The zero-order chi connectivity index (χ0) is 10.4. The minimum Gasteiger partial charge on any atom is -0.399 e. The first-order chi connectivity index (χ1) is 7.24. The minimum atomic E-state index is 0.719. The van der Waals surface area contributed by atoms with Gasteiger partial charge in [0.25, 0.3) is 0 Å². The van der Waals surface area contributed by atoms with Crippen molar-refractivity contribution in [1.29, 1.82) is 0 Å². The molecule has 1 saturated heterocycles. The predicted octanol–water partition coefficient (Wildman–Crippen LogP) is 2.91. The van der Waals surface area contributed by atoms with Crippen LogP contribution in [0.5, 0.6) is 0 Å². The summed E-state index contributed by atoms with van der Waals surface area (Å²) in [6, 6.07) is 6.56. The quantitative estimate of drug-likeness (QED) is 0.741. The summed E-state index contributed by atoms with van der Waals surface area (Å²) in [6.07, 6.45) is 4.07. The van der Waals surface area contributed by atoms with E-state index in [0.717, 1.165) is 28.4 Å². The standard InChI is InChI=1S/C12H15ClN2/c13-11-6-9(14)2-4-12(11)15-7-8-1-3-10(15)5-8/h2,4,6,8,10H,1,3,5,7,14H2. The van der Waals surface area contributed by atoms with E-state index in [1.165, 1.54) is 25.8 Å². The molecule has 2 aliphatic rings. The van der Waals surface area contributed by atoms with E-state index in [1.54, 1.807) is 0 Å². The molecule has 3 heteroatoms. The molecule has 2 N–H and O–H groups in total. The van der Waals surface area contributed by atoms with Gasteiger partial charge in [-0.25, -0.2) is 0 Å². The molecule has 1 aliphatic heterocycles. The van der Waals surface area contributed by atoms with Gasteiger partial charge in [0.05, 0.1) is 10.7 Å². The third-order valence-corrected chi connectivity index (χ3v) is 3.99. The van der Waals surface area contributed by atoms with Crippen molar-refractivity contribution >= 4 is 23.0 Å². The second kappa shape index (κ2) is 3.31. The maximum absolute atomic E-state index is 6.23. The van der Waals surface area contributed by atoms with Gasteiger partial charge in [-0.1, -0.05) is 11.6 Å². The van der Waals surface area contributed by atoms with Crippen molar-refractivity contribution in [3.8, 4) is 0 Å². The van der Waals surface area contributed by atoms with Crippen molar-refractivity contribution in [3.05, 3.63) is 23.2 Å². The fourth-order valence-electron chi connectivity index (χ4n) is 2.98. The van der Waals surface area contributed by atoms with E-state index in [1.807, 2.05) is 12.1 Å². The van der Waals surface area contributed by atoms with E-state index in [0.29, 0.717) is 0 Å². The van der Waals surface area contributed by atoms with Crippen LogP contribution in [0.1, 0.15) is 19.3 Å². The van der Waals surface area contributed by atoms with Gasteiger partial charge in [-0.15, -0.1) is 0 Å². The minimum absolute atomic E-state index is 0.719. The summed E-state index contributed by atoms with van der Waals surface area (Å²) in [6.45, 7) is 1.17. The summed E-state index contributed by atoms with van der Waals surface area (Å²) in [5.41, 5.74) is 7.61. The fourth-order valence-corrected chi connectivity index (χ4v) is 3.27. The Kier molecular flexibility index (Phi) is 2.06. The monoisotopic (exact) mass is 222 g/mol. The molecule has 1 aromatic carbocycles. The number of piperidine rings is 1. The van der Waals surface area contributed by atoms with Crippen LogP contribution in [-0.2, 0) is 0 Å². The van der Waals surface area contributed by atoms with Crippen LogP contribution < -0.4 is 10.6 Å². The van der Waals surface area contributed by atoms with Crippen molar-refractivity contribution in [2.24, 2.45) is 5.92 Å². The molecule has 0 aromatic heterocycles. The molecule has 1 heterocycles. The number of hydrogen-bond donors (Lipinski definition) is 1. The Morgan fingerprint density at radius 3 is 2.80 bits per heavy atom. The van der Waals surface area contributed by atoms with Gasteiger partial charge in [0.1, 0.15) is 0 Å². The Morgan fingerprint density at radius 1 is 1.33 bits per heavy atom. The van der Waals surface area contributed by atoms with Gasteiger partial charge < -0.3 is 10.6 Å². The Morgan fingerprint density at radius 2 is 2.20 bits per heavy atom. The van der Waals surface area contributed by atoms with Crippen LogP contribution in [0.25, 0.3) is 0 Å². The summed E-state index contributed by atoms with van der Waals surface area (Å²) >= 11 is 6.23. The Bertz CT molecular complexity index is 391. The van der Waals surface area contributed by atoms with Gasteiger partial charge in [-0.2, -0.15) is 0 Å². The molecule has 3 rings (SSSR count). The molecule has 1 aliphatic carbocycles. The maximum Gasteiger partial charge on any atom is 0.0660 e. The highest BCUT2D eigenvalue weighted by atomic mass is 35.5. The van der Waals surface area contributed by atoms with Crippen LogP contribution in [0.4, 0.5) is 11.4 Å². The van der Waals surface area contributed by atoms with E-state index in [9.17, 15) is 0 Å². The Balaban J connectivity index is 1.93. The lowest BCUT2D eigenvalue weighted by Crippen LogP contribution is -2.31. The van der Waals surface area contributed by atoms with E-state index in [-0.39, 0.29) is 0 Å². The molecule has 1 aromatic rings. The molecular weight excluding hydrogens is 208 g/mol. The highest BCUT2D eigenvalue weighted by Gasteiger charge is 2.38. The number of benzene rings is 1. The summed E-state index contributed by atoms with van der Waals surface area (Å²) in [7, 11) is 0. The highest BCUT2D eigenvalue weighted by Crippen LogP contribution is 2.42. The third-order valence-electron chi connectivity index (χ3n) is 3.69. The second-order valence-electron chi connectivity index (χ2n) is 4.70. The Labute approximate surface area is 95.0 Å². The molecule has 15 heavy (non-hydrogen) atoms. The predicted molar refractivity (Wildman–Crippen MR) is 64.3 cm³/mol. The van der Waals surface area contributed by atoms with E-state index in [2.05, 4.69) is 11.0 Å². The molecule has 2 atom stereocenters. The van der Waals surface area contributed by atoms with Gasteiger partial charge in [0, 0.05) is 18.3 Å². The molecule has 2 bridgehead atoms. The fraction of sp³-hybridized carbons (Fsp3) is 0.500. The van der Waals surface area contributed by atoms with Crippen LogP contribution in [0.3, 0.4) is 0 Å². The topological polar surface area (TPSA) is 29.3 Å². The van der Waals surface area contributed by atoms with Gasteiger partial charge >= 0.3 is 0 Å². The summed E-state index contributed by atoms with van der Waals surface area (Å²) < 4.78 is 0. The first kappa shape index (κ1) is 9.34. The largest absolute Gasteiger partial charge is 0.399 e. The number of halogens is 1. The Hall–Kier alpha value is -0.890. The van der Waals surface area contributed by atoms with Gasteiger partial charge in [-0.3, -0.25) is 0 Å². The molecule has 2 nitrogen and oxygen atoms in total. The zero-order valence-electron chi connectivity index (χ0n) is 8.62. The van der Waals surface area contributed by atoms with Crippen LogP contribution in [0.15, 0.2) is 18.2 Å². The normalized spacial score (nSPS) is 28.7. The summed E-state index contributed by atoms with van der Waals surface area (Å²) in [5, 5.41) is 0.794. The van der Waals surface area contributed by atoms with Crippen molar-refractivity contribution in [2.45, 2.75) is 25.3 Å². The van der Waals surface area contributed by atoms with Crippen LogP contribution in [-0.4, -0.2) is 12.6 Å². The third kappa shape index (κ3) is 1.48. The first-order valence-electron chi connectivity index (χ1n) is 5.55. The van der Waals surface area contributed by atoms with Crippen molar-refractivity contribution < 1.29 is 0 Å². The van der Waals surface area contributed by atoms with E-state index >= 15 is 0 Å². The zero-order valence-corrected chi connectivity index (χ0v) is 9.37. The molecular formula is C12H15ClN2. The smallest absolute Gasteiger partial charge is 0.0660 e. The number of nitrogens with zero attached hydrogens (tertiary/aromatic N) is 1. The maximum atomic E-state index is 6.23. The van der Waals surface area contributed by atoms with Crippen LogP contribution in [0, 0.1) is 5.92 Å². The van der Waals surface area contributed by atoms with Crippen molar-refractivity contribution in [3.63, 3.8) is 0 Å². The second-order valence-corrected chi connectivity index (χ2v) is 5.10. The molecule has 1 saturated carbocycles. The van der Waals surface area contributed by atoms with Crippen LogP contribution >= 0.6 is 11.6 Å². The first-order valence-corrected chi connectivity index (χ1v) is 5.93. The van der Waals surface area contributed by atoms with Gasteiger partial charge in [0.2, 0.25) is 0 Å². The molecule has 0 spiro atoms. The molecule has 2 fully saturated rings. The van der Waals surface area contributed by atoms with Crippen molar-refractivity contribution in [2.75, 3.05) is 17.2 Å².